The topological polar surface area (TPSA) is 56.8 Å². The van der Waals surface area contributed by atoms with Crippen molar-refractivity contribution in [2.45, 2.75) is 95.3 Å². The van der Waals surface area contributed by atoms with Crippen molar-refractivity contribution in [1.29, 1.82) is 0 Å². The number of amides is 1. The number of nitrogens with one attached hydrogen (secondary N) is 1. The van der Waals surface area contributed by atoms with Gasteiger partial charge in [-0.15, -0.1) is 6.42 Å². The summed E-state index contributed by atoms with van der Waals surface area (Å²) < 4.78 is 17.2. The summed E-state index contributed by atoms with van der Waals surface area (Å²) in [6, 6.07) is 6.17. The van der Waals surface area contributed by atoms with Crippen LogP contribution in [0.25, 0.3) is 0 Å². The van der Waals surface area contributed by atoms with E-state index in [1.54, 1.807) is 7.11 Å². The molecule has 5 nitrogen and oxygen atoms in total. The monoisotopic (exact) mass is 413 g/mol. The molecule has 0 heterocycles. The standard InChI is InChI=1S/C25H35NO4/c1-6-25(15-13-19(14-16-25)26-23(27)30-24(2,3)4)18-11-12-21(28-5)22(17-18)29-20-9-7-8-10-20/h1,11-12,17,19-20H,7-10,13-16H2,2-5H3,(H,26,27)/t19-,25+. The van der Waals surface area contributed by atoms with Gasteiger partial charge < -0.3 is 19.5 Å². The lowest BCUT2D eigenvalue weighted by Gasteiger charge is -2.37. The molecule has 164 valence electrons. The van der Waals surface area contributed by atoms with Gasteiger partial charge in [0.25, 0.3) is 0 Å². The number of methoxy groups -OCH3 is 1. The van der Waals surface area contributed by atoms with E-state index in [4.69, 9.17) is 20.6 Å². The van der Waals surface area contributed by atoms with Gasteiger partial charge >= 0.3 is 6.09 Å². The number of hydrogen-bond donors (Lipinski definition) is 1. The van der Waals surface area contributed by atoms with Gasteiger partial charge in [0.1, 0.15) is 5.60 Å². The van der Waals surface area contributed by atoms with Gasteiger partial charge in [0.05, 0.1) is 18.6 Å². The van der Waals surface area contributed by atoms with Gasteiger partial charge in [-0.2, -0.15) is 0 Å². The summed E-state index contributed by atoms with van der Waals surface area (Å²) in [6.07, 6.45) is 13.8. The van der Waals surface area contributed by atoms with Crippen LogP contribution in [-0.4, -0.2) is 30.9 Å². The quantitative estimate of drug-likeness (QED) is 0.661. The molecule has 0 aromatic heterocycles. The molecule has 30 heavy (non-hydrogen) atoms. The molecule has 0 aliphatic heterocycles. The molecule has 3 rings (SSSR count). The molecular formula is C25H35NO4. The predicted molar refractivity (Wildman–Crippen MR) is 118 cm³/mol. The maximum Gasteiger partial charge on any atom is 0.407 e. The fourth-order valence-corrected chi connectivity index (χ4v) is 4.50. The molecule has 0 radical (unpaired) electrons. The third-order valence-electron chi connectivity index (χ3n) is 6.15. The van der Waals surface area contributed by atoms with Crippen molar-refractivity contribution in [3.63, 3.8) is 0 Å². The fraction of sp³-hybridized carbons (Fsp3) is 0.640. The molecule has 1 aromatic carbocycles. The van der Waals surface area contributed by atoms with Crippen molar-refractivity contribution >= 4 is 6.09 Å². The molecule has 1 N–H and O–H groups in total. The van der Waals surface area contributed by atoms with E-state index in [1.807, 2.05) is 26.8 Å². The van der Waals surface area contributed by atoms with Gasteiger partial charge in [0, 0.05) is 6.04 Å². The molecule has 0 bridgehead atoms. The summed E-state index contributed by atoms with van der Waals surface area (Å²) in [7, 11) is 1.67. The fourth-order valence-electron chi connectivity index (χ4n) is 4.50. The number of carbonyl (C=O) groups excluding carboxylic acids is 1. The molecule has 0 unspecified atom stereocenters. The largest absolute Gasteiger partial charge is 0.493 e. The first-order chi connectivity index (χ1) is 14.2. The van der Waals surface area contributed by atoms with E-state index in [2.05, 4.69) is 23.4 Å². The van der Waals surface area contributed by atoms with Crippen LogP contribution < -0.4 is 14.8 Å². The maximum atomic E-state index is 12.1. The second kappa shape index (κ2) is 9.20. The Morgan fingerprint density at radius 2 is 1.80 bits per heavy atom. The number of benzene rings is 1. The van der Waals surface area contributed by atoms with E-state index in [0.29, 0.717) is 0 Å². The number of terminal acetylenes is 1. The first-order valence-electron chi connectivity index (χ1n) is 11.1. The number of alkyl carbamates (subject to hydrolysis) is 1. The van der Waals surface area contributed by atoms with Crippen LogP contribution in [0.2, 0.25) is 0 Å². The molecule has 2 aliphatic rings. The van der Waals surface area contributed by atoms with Crippen LogP contribution in [0.5, 0.6) is 11.5 Å². The summed E-state index contributed by atoms with van der Waals surface area (Å²) >= 11 is 0. The Balaban J connectivity index is 1.70. The Kier molecular flexibility index (Phi) is 6.85. The second-order valence-electron chi connectivity index (χ2n) is 9.54. The van der Waals surface area contributed by atoms with E-state index < -0.39 is 5.60 Å². The van der Waals surface area contributed by atoms with Gasteiger partial charge in [0.2, 0.25) is 0 Å². The Hall–Kier alpha value is -2.35. The summed E-state index contributed by atoms with van der Waals surface area (Å²) in [5.74, 6) is 4.59. The summed E-state index contributed by atoms with van der Waals surface area (Å²) in [4.78, 5) is 12.1. The Morgan fingerprint density at radius 1 is 1.13 bits per heavy atom. The van der Waals surface area contributed by atoms with Crippen molar-refractivity contribution in [2.24, 2.45) is 0 Å². The van der Waals surface area contributed by atoms with E-state index in [0.717, 1.165) is 55.6 Å². The molecule has 2 fully saturated rings. The molecule has 0 spiro atoms. The zero-order valence-corrected chi connectivity index (χ0v) is 18.8. The minimum Gasteiger partial charge on any atom is -0.493 e. The predicted octanol–water partition coefficient (Wildman–Crippen LogP) is 5.35. The lowest BCUT2D eigenvalue weighted by Crippen LogP contribution is -2.43. The SMILES string of the molecule is C#C[C@]1(c2ccc(OC)c(OC3CCCC3)c2)CC[C@@H](NC(=O)OC(C)(C)C)CC1. The van der Waals surface area contributed by atoms with E-state index in [1.165, 1.54) is 12.8 Å². The average Bonchev–Trinajstić information content (AvgIpc) is 3.20. The smallest absolute Gasteiger partial charge is 0.407 e. The van der Waals surface area contributed by atoms with E-state index >= 15 is 0 Å². The number of rotatable bonds is 5. The molecule has 0 saturated heterocycles. The van der Waals surface area contributed by atoms with Crippen molar-refractivity contribution in [3.05, 3.63) is 23.8 Å². The van der Waals surface area contributed by atoms with Gasteiger partial charge in [-0.25, -0.2) is 4.79 Å². The normalized spacial score (nSPS) is 24.7. The lowest BCUT2D eigenvalue weighted by atomic mass is 9.69. The van der Waals surface area contributed by atoms with Crippen molar-refractivity contribution < 1.29 is 19.0 Å². The van der Waals surface area contributed by atoms with Crippen LogP contribution in [0.1, 0.15) is 77.7 Å². The highest BCUT2D eigenvalue weighted by molar-refractivity contribution is 5.68. The second-order valence-corrected chi connectivity index (χ2v) is 9.54. The average molecular weight is 414 g/mol. The summed E-state index contributed by atoms with van der Waals surface area (Å²) in [5, 5.41) is 2.99. The number of carbonyl (C=O) groups is 1. The van der Waals surface area contributed by atoms with E-state index in [9.17, 15) is 4.79 Å². The highest BCUT2D eigenvalue weighted by Gasteiger charge is 2.37. The molecule has 2 saturated carbocycles. The highest BCUT2D eigenvalue weighted by atomic mass is 16.6. The number of hydrogen-bond acceptors (Lipinski definition) is 4. The van der Waals surface area contributed by atoms with Crippen LogP contribution in [0.15, 0.2) is 18.2 Å². The maximum absolute atomic E-state index is 12.1. The van der Waals surface area contributed by atoms with Crippen LogP contribution in [0, 0.1) is 12.3 Å². The Labute approximate surface area is 180 Å². The third-order valence-corrected chi connectivity index (χ3v) is 6.15. The van der Waals surface area contributed by atoms with Crippen LogP contribution in [0.3, 0.4) is 0 Å². The van der Waals surface area contributed by atoms with Gasteiger partial charge in [-0.3, -0.25) is 0 Å². The number of ether oxygens (including phenoxy) is 3. The molecule has 2 aliphatic carbocycles. The van der Waals surface area contributed by atoms with Crippen LogP contribution in [-0.2, 0) is 10.2 Å². The lowest BCUT2D eigenvalue weighted by molar-refractivity contribution is 0.0487. The Morgan fingerprint density at radius 3 is 2.37 bits per heavy atom. The summed E-state index contributed by atoms with van der Waals surface area (Å²) in [5.41, 5.74) is 0.237. The molecular weight excluding hydrogens is 378 g/mol. The zero-order chi connectivity index (χ0) is 21.8. The molecule has 0 atom stereocenters. The third kappa shape index (κ3) is 5.41. The molecule has 1 aromatic rings. The highest BCUT2D eigenvalue weighted by Crippen LogP contribution is 2.42. The zero-order valence-electron chi connectivity index (χ0n) is 18.8. The summed E-state index contributed by atoms with van der Waals surface area (Å²) in [6.45, 7) is 5.60. The van der Waals surface area contributed by atoms with Crippen molar-refractivity contribution in [1.82, 2.24) is 5.32 Å². The van der Waals surface area contributed by atoms with E-state index in [-0.39, 0.29) is 23.7 Å². The van der Waals surface area contributed by atoms with Crippen LogP contribution >= 0.6 is 0 Å². The van der Waals surface area contributed by atoms with Gasteiger partial charge in [-0.1, -0.05) is 12.0 Å². The van der Waals surface area contributed by atoms with Crippen LogP contribution in [0.4, 0.5) is 4.79 Å². The minimum atomic E-state index is -0.500. The molecule has 5 heteroatoms. The van der Waals surface area contributed by atoms with Crippen molar-refractivity contribution in [2.75, 3.05) is 7.11 Å². The first-order valence-corrected chi connectivity index (χ1v) is 11.1. The first kappa shape index (κ1) is 22.3. The van der Waals surface area contributed by atoms with Crippen molar-refractivity contribution in [3.8, 4) is 23.8 Å². The minimum absolute atomic E-state index is 0.0776. The van der Waals surface area contributed by atoms with Gasteiger partial charge in [0.15, 0.2) is 11.5 Å². The Bertz CT molecular complexity index is 775. The molecule has 1 amide bonds. The van der Waals surface area contributed by atoms with Gasteiger partial charge in [-0.05, 0) is 89.8 Å².